The Morgan fingerprint density at radius 3 is 2.83 bits per heavy atom. The molecule has 0 aromatic heterocycles. The van der Waals surface area contributed by atoms with E-state index in [9.17, 15) is 0 Å². The molecule has 0 fully saturated rings. The Morgan fingerprint density at radius 2 is 2.17 bits per heavy atom. The highest BCUT2D eigenvalue weighted by Crippen LogP contribution is 2.01. The first kappa shape index (κ1) is 8.82. The van der Waals surface area contributed by atoms with Crippen LogP contribution >= 0.6 is 0 Å². The predicted molar refractivity (Wildman–Crippen MR) is 50.1 cm³/mol. The molecule has 0 spiro atoms. The van der Waals surface area contributed by atoms with E-state index in [0.717, 1.165) is 5.57 Å². The second-order valence-electron chi connectivity index (χ2n) is 2.96. The molecular formula is C10H13NO. The van der Waals surface area contributed by atoms with Gasteiger partial charge in [0.05, 0.1) is 6.10 Å². The minimum absolute atomic E-state index is 0.161. The minimum Gasteiger partial charge on any atom is -0.475 e. The van der Waals surface area contributed by atoms with Gasteiger partial charge in [-0.05, 0) is 32.4 Å². The van der Waals surface area contributed by atoms with Crippen LogP contribution < -0.4 is 0 Å². The van der Waals surface area contributed by atoms with Crippen molar-refractivity contribution in [3.63, 3.8) is 0 Å². The number of allylic oxidation sites excluding steroid dienone is 1. The van der Waals surface area contributed by atoms with E-state index >= 15 is 0 Å². The van der Waals surface area contributed by atoms with Crippen LogP contribution in [0.1, 0.15) is 20.8 Å². The highest BCUT2D eigenvalue weighted by Gasteiger charge is 1.98. The van der Waals surface area contributed by atoms with Gasteiger partial charge in [-0.3, -0.25) is 0 Å². The molecule has 0 saturated heterocycles. The summed E-state index contributed by atoms with van der Waals surface area (Å²) in [5.41, 5.74) is 4.06. The summed E-state index contributed by atoms with van der Waals surface area (Å²) in [4.78, 5) is 4.13. The van der Waals surface area contributed by atoms with Crippen molar-refractivity contribution in [3.8, 4) is 0 Å². The summed E-state index contributed by atoms with van der Waals surface area (Å²) in [6, 6.07) is 0. The molecule has 12 heavy (non-hydrogen) atoms. The van der Waals surface area contributed by atoms with Crippen LogP contribution in [-0.2, 0) is 4.74 Å². The molecule has 64 valence electrons. The molecule has 1 rings (SSSR count). The van der Waals surface area contributed by atoms with Crippen LogP contribution in [0.25, 0.3) is 0 Å². The smallest absolute Gasteiger partial charge is 0.221 e. The molecule has 0 atom stereocenters. The fraction of sp³-hybridized carbons (Fsp3) is 0.400. The Labute approximate surface area is 73.0 Å². The first-order valence-electron chi connectivity index (χ1n) is 4.02. The second kappa shape index (κ2) is 3.93. The van der Waals surface area contributed by atoms with Crippen LogP contribution in [0.2, 0.25) is 0 Å². The maximum absolute atomic E-state index is 5.39. The van der Waals surface area contributed by atoms with E-state index in [1.54, 1.807) is 12.3 Å². The van der Waals surface area contributed by atoms with Gasteiger partial charge in [-0.25, -0.2) is 4.99 Å². The van der Waals surface area contributed by atoms with Crippen molar-refractivity contribution in [2.75, 3.05) is 0 Å². The lowest BCUT2D eigenvalue weighted by Crippen LogP contribution is -2.08. The summed E-state index contributed by atoms with van der Waals surface area (Å²) < 4.78 is 5.39. The SMILES string of the molecule is CC1=CN=C(OC(C)C)C=C=C1. The third kappa shape index (κ3) is 2.77. The summed E-state index contributed by atoms with van der Waals surface area (Å²) in [6.45, 7) is 5.92. The number of aliphatic imine (C=N–C) groups is 1. The molecule has 1 heterocycles. The molecule has 0 N–H and O–H groups in total. The second-order valence-corrected chi connectivity index (χ2v) is 2.96. The first-order chi connectivity index (χ1) is 5.68. The molecule has 1 aliphatic heterocycles. The zero-order valence-corrected chi connectivity index (χ0v) is 7.66. The van der Waals surface area contributed by atoms with Crippen molar-refractivity contribution in [3.05, 3.63) is 29.7 Å². The summed E-state index contributed by atoms with van der Waals surface area (Å²) in [5, 5.41) is 0. The fourth-order valence-corrected chi connectivity index (χ4v) is 0.790. The lowest BCUT2D eigenvalue weighted by Gasteiger charge is -2.06. The Hall–Kier alpha value is -1.27. The van der Waals surface area contributed by atoms with E-state index in [1.807, 2.05) is 26.8 Å². The van der Waals surface area contributed by atoms with E-state index in [0.29, 0.717) is 5.90 Å². The standard InChI is InChI=1S/C10H13NO/c1-8(2)12-10-6-4-5-9(3)7-11-10/h5-8H,1-3H3. The highest BCUT2D eigenvalue weighted by molar-refractivity contribution is 5.88. The Morgan fingerprint density at radius 1 is 1.42 bits per heavy atom. The number of hydrogen-bond donors (Lipinski definition) is 0. The Kier molecular flexibility index (Phi) is 2.89. The third-order valence-corrected chi connectivity index (χ3v) is 1.27. The molecule has 0 amide bonds. The zero-order chi connectivity index (χ0) is 8.97. The molecule has 0 aliphatic carbocycles. The van der Waals surface area contributed by atoms with Gasteiger partial charge in [0.2, 0.25) is 5.90 Å². The van der Waals surface area contributed by atoms with Crippen LogP contribution in [0, 0.1) is 0 Å². The molecule has 0 bridgehead atoms. The predicted octanol–water partition coefficient (Wildman–Crippen LogP) is 2.44. The monoisotopic (exact) mass is 163 g/mol. The molecule has 0 saturated carbocycles. The van der Waals surface area contributed by atoms with Gasteiger partial charge in [0, 0.05) is 12.3 Å². The molecule has 0 aromatic carbocycles. The van der Waals surface area contributed by atoms with Gasteiger partial charge in [0.15, 0.2) is 0 Å². The van der Waals surface area contributed by atoms with Crippen molar-refractivity contribution in [2.24, 2.45) is 4.99 Å². The topological polar surface area (TPSA) is 21.6 Å². The van der Waals surface area contributed by atoms with Crippen LogP contribution in [0.4, 0.5) is 0 Å². The maximum atomic E-state index is 5.39. The van der Waals surface area contributed by atoms with E-state index < -0.39 is 0 Å². The molecule has 0 aromatic rings. The van der Waals surface area contributed by atoms with Crippen LogP contribution in [0.3, 0.4) is 0 Å². The van der Waals surface area contributed by atoms with Gasteiger partial charge in [-0.15, -0.1) is 5.73 Å². The van der Waals surface area contributed by atoms with Gasteiger partial charge in [0.25, 0.3) is 0 Å². The average Bonchev–Trinajstić information content (AvgIpc) is 2.15. The molecule has 1 aliphatic rings. The van der Waals surface area contributed by atoms with E-state index in [-0.39, 0.29) is 6.10 Å². The molecule has 2 nitrogen and oxygen atoms in total. The Balaban J connectivity index is 2.74. The quantitative estimate of drug-likeness (QED) is 0.544. The van der Waals surface area contributed by atoms with Crippen molar-refractivity contribution in [1.82, 2.24) is 0 Å². The van der Waals surface area contributed by atoms with Crippen molar-refractivity contribution >= 4 is 5.90 Å². The number of rotatable bonds is 1. The van der Waals surface area contributed by atoms with Crippen molar-refractivity contribution in [1.29, 1.82) is 0 Å². The first-order valence-corrected chi connectivity index (χ1v) is 4.02. The van der Waals surface area contributed by atoms with Crippen molar-refractivity contribution in [2.45, 2.75) is 26.9 Å². The molecular weight excluding hydrogens is 150 g/mol. The lowest BCUT2D eigenvalue weighted by molar-refractivity contribution is 0.231. The fourth-order valence-electron chi connectivity index (χ4n) is 0.790. The summed E-state index contributed by atoms with van der Waals surface area (Å²) in [6.07, 6.45) is 5.55. The normalized spacial score (nSPS) is 15.7. The van der Waals surface area contributed by atoms with Crippen LogP contribution in [-0.4, -0.2) is 12.0 Å². The van der Waals surface area contributed by atoms with Crippen molar-refractivity contribution < 1.29 is 4.74 Å². The van der Waals surface area contributed by atoms with E-state index in [1.165, 1.54) is 0 Å². The van der Waals surface area contributed by atoms with Gasteiger partial charge in [0.1, 0.15) is 0 Å². The zero-order valence-electron chi connectivity index (χ0n) is 7.66. The molecule has 0 unspecified atom stereocenters. The van der Waals surface area contributed by atoms with Gasteiger partial charge >= 0.3 is 0 Å². The van der Waals surface area contributed by atoms with Gasteiger partial charge in [-0.2, -0.15) is 0 Å². The molecule has 2 heteroatoms. The summed E-state index contributed by atoms with van der Waals surface area (Å²) in [7, 11) is 0. The number of hydrogen-bond acceptors (Lipinski definition) is 2. The van der Waals surface area contributed by atoms with Gasteiger partial charge < -0.3 is 4.74 Å². The third-order valence-electron chi connectivity index (χ3n) is 1.27. The lowest BCUT2D eigenvalue weighted by atomic mass is 10.3. The largest absolute Gasteiger partial charge is 0.475 e. The maximum Gasteiger partial charge on any atom is 0.221 e. The van der Waals surface area contributed by atoms with E-state index in [4.69, 9.17) is 4.74 Å². The number of ether oxygens (including phenoxy) is 1. The molecule has 0 radical (unpaired) electrons. The van der Waals surface area contributed by atoms with E-state index in [2.05, 4.69) is 10.7 Å². The van der Waals surface area contributed by atoms with Crippen LogP contribution in [0.5, 0.6) is 0 Å². The minimum atomic E-state index is 0.161. The Bertz CT molecular complexity index is 278. The summed E-state index contributed by atoms with van der Waals surface area (Å²) >= 11 is 0. The number of nitrogens with zero attached hydrogens (tertiary/aromatic N) is 1. The van der Waals surface area contributed by atoms with Crippen LogP contribution in [0.15, 0.2) is 34.6 Å². The van der Waals surface area contributed by atoms with Gasteiger partial charge in [-0.1, -0.05) is 0 Å². The highest BCUT2D eigenvalue weighted by atomic mass is 16.5. The summed E-state index contributed by atoms with van der Waals surface area (Å²) in [5.74, 6) is 0.623. The average molecular weight is 163 g/mol.